The van der Waals surface area contributed by atoms with Gasteiger partial charge < -0.3 is 10.6 Å². The second kappa shape index (κ2) is 4.53. The third-order valence-electron chi connectivity index (χ3n) is 2.37. The zero-order valence-electron chi connectivity index (χ0n) is 7.87. The summed E-state index contributed by atoms with van der Waals surface area (Å²) in [6.07, 6.45) is 0.902. The Hall–Kier alpha value is 0.0900. The molecule has 0 aromatic carbocycles. The predicted octanol–water partition coefficient (Wildman–Crippen LogP) is 2.45. The third kappa shape index (κ3) is 2.43. The molecule has 6 heteroatoms. The first kappa shape index (κ1) is 11.6. The highest BCUT2D eigenvalue weighted by molar-refractivity contribution is 9.13. The van der Waals surface area contributed by atoms with Gasteiger partial charge in [-0.2, -0.15) is 0 Å². The summed E-state index contributed by atoms with van der Waals surface area (Å²) in [5, 5.41) is 0. The second-order valence-corrected chi connectivity index (χ2v) is 6.76. The molecule has 0 bridgehead atoms. The molecule has 0 saturated carbocycles. The largest absolute Gasteiger partial charge is 0.336 e. The molecule has 2 heterocycles. The number of hydrogen-bond acceptors (Lipinski definition) is 3. The Balaban J connectivity index is 2.14. The van der Waals surface area contributed by atoms with Crippen LogP contribution in [-0.2, 0) is 0 Å². The molecule has 1 aromatic rings. The van der Waals surface area contributed by atoms with Crippen LogP contribution in [0, 0.1) is 0 Å². The number of thiophene rings is 1. The lowest BCUT2D eigenvalue weighted by atomic mass is 10.3. The van der Waals surface area contributed by atoms with Crippen LogP contribution in [-0.4, -0.2) is 29.9 Å². The number of halogens is 2. The van der Waals surface area contributed by atoms with E-state index in [0.29, 0.717) is 6.54 Å². The average molecular weight is 354 g/mol. The van der Waals surface area contributed by atoms with E-state index >= 15 is 0 Å². The summed E-state index contributed by atoms with van der Waals surface area (Å²) < 4.78 is 1.88. The van der Waals surface area contributed by atoms with Crippen LogP contribution in [0.4, 0.5) is 0 Å². The first-order chi connectivity index (χ1) is 7.08. The molecule has 1 aliphatic heterocycles. The Labute approximate surface area is 109 Å². The number of rotatable bonds is 1. The summed E-state index contributed by atoms with van der Waals surface area (Å²) in [7, 11) is 0. The monoisotopic (exact) mass is 352 g/mol. The van der Waals surface area contributed by atoms with Gasteiger partial charge in [-0.25, -0.2) is 0 Å². The zero-order chi connectivity index (χ0) is 11.0. The predicted molar refractivity (Wildman–Crippen MR) is 68.2 cm³/mol. The molecule has 0 aliphatic carbocycles. The number of nitrogens with zero attached hydrogens (tertiary/aromatic N) is 1. The van der Waals surface area contributed by atoms with Crippen molar-refractivity contribution in [2.75, 3.05) is 13.1 Å². The number of hydrogen-bond donors (Lipinski definition) is 1. The zero-order valence-corrected chi connectivity index (χ0v) is 11.9. The van der Waals surface area contributed by atoms with Crippen molar-refractivity contribution in [2.24, 2.45) is 5.73 Å². The van der Waals surface area contributed by atoms with Gasteiger partial charge in [-0.05, 0) is 44.3 Å². The minimum Gasteiger partial charge on any atom is -0.336 e. The van der Waals surface area contributed by atoms with E-state index in [1.807, 2.05) is 11.0 Å². The maximum atomic E-state index is 12.0. The first-order valence-electron chi connectivity index (χ1n) is 4.57. The quantitative estimate of drug-likeness (QED) is 0.842. The highest BCUT2D eigenvalue weighted by atomic mass is 79.9. The summed E-state index contributed by atoms with van der Waals surface area (Å²) in [5.41, 5.74) is 5.77. The van der Waals surface area contributed by atoms with E-state index < -0.39 is 0 Å². The normalized spacial score (nSPS) is 21.0. The Bertz CT molecular complexity index is 374. The van der Waals surface area contributed by atoms with Crippen molar-refractivity contribution in [2.45, 2.75) is 12.5 Å². The van der Waals surface area contributed by atoms with E-state index in [4.69, 9.17) is 5.73 Å². The van der Waals surface area contributed by atoms with Crippen molar-refractivity contribution in [3.05, 3.63) is 19.2 Å². The Morgan fingerprint density at radius 2 is 2.33 bits per heavy atom. The molecular weight excluding hydrogens is 344 g/mol. The van der Waals surface area contributed by atoms with Gasteiger partial charge in [0.1, 0.15) is 0 Å². The molecule has 1 atom stereocenters. The second-order valence-electron chi connectivity index (χ2n) is 3.53. The molecule has 15 heavy (non-hydrogen) atoms. The average Bonchev–Trinajstić information content (AvgIpc) is 2.74. The van der Waals surface area contributed by atoms with Crippen LogP contribution in [0.2, 0.25) is 0 Å². The van der Waals surface area contributed by atoms with E-state index in [1.54, 1.807) is 0 Å². The maximum absolute atomic E-state index is 12.0. The molecular formula is C9H10Br2N2OS. The summed E-state index contributed by atoms with van der Waals surface area (Å²) in [5.74, 6) is 0.0827. The third-order valence-corrected chi connectivity index (χ3v) is 5.61. The molecule has 1 aliphatic rings. The summed E-state index contributed by atoms with van der Waals surface area (Å²) in [6.45, 7) is 1.44. The van der Waals surface area contributed by atoms with Gasteiger partial charge in [0.15, 0.2) is 0 Å². The highest BCUT2D eigenvalue weighted by Gasteiger charge is 2.25. The van der Waals surface area contributed by atoms with Crippen LogP contribution in [0.1, 0.15) is 16.1 Å². The van der Waals surface area contributed by atoms with Crippen LogP contribution < -0.4 is 5.73 Å². The van der Waals surface area contributed by atoms with Gasteiger partial charge in [0.25, 0.3) is 5.91 Å². The molecule has 0 spiro atoms. The number of likely N-dealkylation sites (tertiary alicyclic amines) is 1. The van der Waals surface area contributed by atoms with Crippen LogP contribution in [0.3, 0.4) is 0 Å². The van der Waals surface area contributed by atoms with Crippen LogP contribution >= 0.6 is 43.2 Å². The minimum atomic E-state index is 0.0827. The van der Waals surface area contributed by atoms with Crippen molar-refractivity contribution in [1.29, 1.82) is 0 Å². The van der Waals surface area contributed by atoms with Crippen molar-refractivity contribution in [3.8, 4) is 0 Å². The lowest BCUT2D eigenvalue weighted by Crippen LogP contribution is -2.31. The molecule has 0 radical (unpaired) electrons. The van der Waals surface area contributed by atoms with Crippen LogP contribution in [0.5, 0.6) is 0 Å². The van der Waals surface area contributed by atoms with E-state index in [1.165, 1.54) is 11.3 Å². The topological polar surface area (TPSA) is 46.3 Å². The summed E-state index contributed by atoms with van der Waals surface area (Å²) in [4.78, 5) is 14.6. The molecule has 2 N–H and O–H groups in total. The van der Waals surface area contributed by atoms with Gasteiger partial charge in [-0.15, -0.1) is 11.3 Å². The van der Waals surface area contributed by atoms with Gasteiger partial charge in [0, 0.05) is 23.6 Å². The number of carbonyl (C=O) groups is 1. The van der Waals surface area contributed by atoms with Gasteiger partial charge >= 0.3 is 0 Å². The molecule has 82 valence electrons. The lowest BCUT2D eigenvalue weighted by molar-refractivity contribution is 0.0795. The van der Waals surface area contributed by atoms with Gasteiger partial charge in [0.05, 0.1) is 8.66 Å². The van der Waals surface area contributed by atoms with Crippen molar-refractivity contribution in [3.63, 3.8) is 0 Å². The van der Waals surface area contributed by atoms with Crippen molar-refractivity contribution >= 4 is 49.1 Å². The smallest absolute Gasteiger partial charge is 0.264 e. The molecule has 1 amide bonds. The number of carbonyl (C=O) groups excluding carboxylic acids is 1. The highest BCUT2D eigenvalue weighted by Crippen LogP contribution is 2.33. The van der Waals surface area contributed by atoms with Gasteiger partial charge in [-0.3, -0.25) is 4.79 Å². The van der Waals surface area contributed by atoms with E-state index in [2.05, 4.69) is 31.9 Å². The van der Waals surface area contributed by atoms with Crippen molar-refractivity contribution in [1.82, 2.24) is 4.90 Å². The molecule has 0 unspecified atom stereocenters. The van der Waals surface area contributed by atoms with Crippen molar-refractivity contribution < 1.29 is 4.79 Å². The molecule has 1 saturated heterocycles. The summed E-state index contributed by atoms with van der Waals surface area (Å²) in [6, 6.07) is 1.99. The minimum absolute atomic E-state index is 0.0827. The summed E-state index contributed by atoms with van der Waals surface area (Å²) >= 11 is 8.20. The van der Waals surface area contributed by atoms with E-state index in [-0.39, 0.29) is 11.9 Å². The van der Waals surface area contributed by atoms with Crippen LogP contribution in [0.15, 0.2) is 14.3 Å². The van der Waals surface area contributed by atoms with Gasteiger partial charge in [-0.1, -0.05) is 0 Å². The lowest BCUT2D eigenvalue weighted by Gasteiger charge is -2.13. The van der Waals surface area contributed by atoms with E-state index in [0.717, 1.165) is 26.1 Å². The molecule has 1 fully saturated rings. The maximum Gasteiger partial charge on any atom is 0.264 e. The number of amides is 1. The fourth-order valence-corrected chi connectivity index (χ4v) is 3.58. The fraction of sp³-hybridized carbons (Fsp3) is 0.444. The Kier molecular flexibility index (Phi) is 3.49. The van der Waals surface area contributed by atoms with E-state index in [9.17, 15) is 4.79 Å². The fourth-order valence-electron chi connectivity index (χ4n) is 1.58. The SMILES string of the molecule is N[C@@H]1CCN(C(=O)c2cc(Br)c(Br)s2)C1. The Morgan fingerprint density at radius 3 is 2.80 bits per heavy atom. The van der Waals surface area contributed by atoms with Gasteiger partial charge in [0.2, 0.25) is 0 Å². The first-order valence-corrected chi connectivity index (χ1v) is 6.98. The number of nitrogens with two attached hydrogens (primary N) is 1. The Morgan fingerprint density at radius 1 is 1.60 bits per heavy atom. The molecule has 1 aromatic heterocycles. The standard InChI is InChI=1S/C9H10Br2N2OS/c10-6-3-7(15-8(6)11)9(14)13-2-1-5(12)4-13/h3,5H,1-2,4,12H2/t5-/m1/s1. The molecule has 2 rings (SSSR count). The van der Waals surface area contributed by atoms with Crippen LogP contribution in [0.25, 0.3) is 0 Å². The molecule has 3 nitrogen and oxygen atoms in total.